The van der Waals surface area contributed by atoms with Crippen molar-refractivity contribution in [3.05, 3.63) is 0 Å². The third-order valence-corrected chi connectivity index (χ3v) is 2.84. The van der Waals surface area contributed by atoms with Crippen LogP contribution in [-0.2, 0) is 4.79 Å². The van der Waals surface area contributed by atoms with Crippen molar-refractivity contribution >= 4 is 29.5 Å². The van der Waals surface area contributed by atoms with Crippen LogP contribution in [0.3, 0.4) is 0 Å². The molecule has 0 N–H and O–H groups in total. The fraction of sp³-hybridized carbons (Fsp3) is 0.875. The lowest BCUT2D eigenvalue weighted by atomic mass is 10.1. The van der Waals surface area contributed by atoms with E-state index in [-0.39, 0.29) is 5.91 Å². The maximum Gasteiger partial charge on any atom is 0.245 e. The van der Waals surface area contributed by atoms with Gasteiger partial charge in [0.1, 0.15) is 5.54 Å². The summed E-state index contributed by atoms with van der Waals surface area (Å²) in [6.07, 6.45) is 0. The van der Waals surface area contributed by atoms with Gasteiger partial charge in [-0.1, -0.05) is 0 Å². The summed E-state index contributed by atoms with van der Waals surface area (Å²) in [5, 5.41) is 0. The van der Waals surface area contributed by atoms with Crippen molar-refractivity contribution in [2.24, 2.45) is 0 Å². The number of carbonyl (C=O) groups excluding carboxylic acids is 1. The van der Waals surface area contributed by atoms with E-state index in [0.29, 0.717) is 13.1 Å². The summed E-state index contributed by atoms with van der Waals surface area (Å²) < 4.78 is 0.896. The molecule has 0 aliphatic carbocycles. The first-order chi connectivity index (χ1) is 5.87. The van der Waals surface area contributed by atoms with Gasteiger partial charge in [-0.3, -0.25) is 4.79 Å². The molecule has 0 aliphatic heterocycles. The molecule has 78 valence electrons. The van der Waals surface area contributed by atoms with Crippen LogP contribution in [0.1, 0.15) is 27.7 Å². The number of halogens is 2. The number of nitrogens with zero attached hydrogens (tertiary/aromatic N) is 2. The van der Waals surface area contributed by atoms with Gasteiger partial charge in [-0.2, -0.15) is 0 Å². The molecule has 0 bridgehead atoms. The molecule has 0 aliphatic rings. The molecule has 5 heteroatoms. The second kappa shape index (κ2) is 5.03. The largest absolute Gasteiger partial charge is 0.342 e. The SMILES string of the molecule is CCN(CC)C(=O)C(C)(C)N(Cl)Cl. The molecule has 0 aromatic carbocycles. The molecule has 0 fully saturated rings. The Bertz CT molecular complexity index is 179. The summed E-state index contributed by atoms with van der Waals surface area (Å²) in [7, 11) is 0. The van der Waals surface area contributed by atoms with Gasteiger partial charge in [-0.25, -0.2) is 0 Å². The first kappa shape index (κ1) is 13.0. The maximum atomic E-state index is 11.8. The summed E-state index contributed by atoms with van der Waals surface area (Å²) in [5.74, 6) is -0.0671. The van der Waals surface area contributed by atoms with Gasteiger partial charge in [0.05, 0.1) is 0 Å². The highest BCUT2D eigenvalue weighted by Gasteiger charge is 2.35. The molecule has 13 heavy (non-hydrogen) atoms. The van der Waals surface area contributed by atoms with Crippen LogP contribution in [0, 0.1) is 0 Å². The van der Waals surface area contributed by atoms with Crippen LogP contribution in [-0.4, -0.2) is 33.4 Å². The first-order valence-corrected chi connectivity index (χ1v) is 4.96. The van der Waals surface area contributed by atoms with Crippen molar-refractivity contribution in [1.82, 2.24) is 8.84 Å². The molecule has 0 saturated heterocycles. The molecule has 0 rings (SSSR count). The molecule has 1 amide bonds. The Kier molecular flexibility index (Phi) is 5.04. The summed E-state index contributed by atoms with van der Waals surface area (Å²) in [6, 6.07) is 0. The molecule has 0 unspecified atom stereocenters. The van der Waals surface area contributed by atoms with Gasteiger partial charge in [0, 0.05) is 13.1 Å². The van der Waals surface area contributed by atoms with E-state index in [1.165, 1.54) is 0 Å². The fourth-order valence-electron chi connectivity index (χ4n) is 0.970. The first-order valence-electron chi connectivity index (χ1n) is 4.29. The highest BCUT2D eigenvalue weighted by atomic mass is 35.5. The standard InChI is InChI=1S/C8H16Cl2N2O/c1-5-11(6-2)7(13)8(3,4)12(9)10/h5-6H2,1-4H3. The Morgan fingerprint density at radius 3 is 1.85 bits per heavy atom. The number of likely N-dealkylation sites (N-methyl/N-ethyl adjacent to an activating group) is 1. The number of hydrogen-bond donors (Lipinski definition) is 0. The van der Waals surface area contributed by atoms with E-state index in [4.69, 9.17) is 23.6 Å². The molecule has 0 aromatic rings. The molecule has 0 saturated carbocycles. The van der Waals surface area contributed by atoms with Gasteiger partial charge >= 0.3 is 0 Å². The van der Waals surface area contributed by atoms with Gasteiger partial charge in [0.15, 0.2) is 0 Å². The second-order valence-corrected chi connectivity index (χ2v) is 4.12. The van der Waals surface area contributed by atoms with Gasteiger partial charge in [-0.05, 0) is 51.2 Å². The zero-order chi connectivity index (χ0) is 10.6. The highest BCUT2D eigenvalue weighted by Crippen LogP contribution is 2.22. The summed E-state index contributed by atoms with van der Waals surface area (Å²) in [6.45, 7) is 8.55. The summed E-state index contributed by atoms with van der Waals surface area (Å²) in [5.41, 5.74) is -0.866. The van der Waals surface area contributed by atoms with E-state index in [1.54, 1.807) is 18.7 Å². The van der Waals surface area contributed by atoms with Gasteiger partial charge in [-0.15, -0.1) is 3.94 Å². The quantitative estimate of drug-likeness (QED) is 0.687. The average Bonchev–Trinajstić information content (AvgIpc) is 2.06. The van der Waals surface area contributed by atoms with E-state index in [1.807, 2.05) is 13.8 Å². The molecule has 0 radical (unpaired) electrons. The monoisotopic (exact) mass is 226 g/mol. The second-order valence-electron chi connectivity index (χ2n) is 3.27. The van der Waals surface area contributed by atoms with Crippen molar-refractivity contribution in [2.75, 3.05) is 13.1 Å². The number of rotatable bonds is 4. The zero-order valence-electron chi connectivity index (χ0n) is 8.47. The zero-order valence-corrected chi connectivity index (χ0v) is 9.98. The molecular formula is C8H16Cl2N2O. The average molecular weight is 227 g/mol. The third-order valence-electron chi connectivity index (χ3n) is 2.00. The predicted molar refractivity (Wildman–Crippen MR) is 55.6 cm³/mol. The lowest BCUT2D eigenvalue weighted by Gasteiger charge is -2.31. The number of amides is 1. The van der Waals surface area contributed by atoms with Crippen molar-refractivity contribution in [1.29, 1.82) is 0 Å². The smallest absolute Gasteiger partial charge is 0.245 e. The Morgan fingerprint density at radius 2 is 1.62 bits per heavy atom. The van der Waals surface area contributed by atoms with Gasteiger partial charge in [0.2, 0.25) is 5.91 Å². The minimum Gasteiger partial charge on any atom is -0.342 e. The van der Waals surface area contributed by atoms with Crippen molar-refractivity contribution in [3.8, 4) is 0 Å². The normalized spacial score (nSPS) is 11.9. The molecule has 0 aromatic heterocycles. The van der Waals surface area contributed by atoms with Crippen LogP contribution in [0.2, 0.25) is 0 Å². The Hall–Kier alpha value is 0.01000. The highest BCUT2D eigenvalue weighted by molar-refractivity contribution is 6.35. The van der Waals surface area contributed by atoms with Crippen LogP contribution < -0.4 is 0 Å². The van der Waals surface area contributed by atoms with E-state index in [0.717, 1.165) is 3.94 Å². The van der Waals surface area contributed by atoms with Crippen molar-refractivity contribution in [3.63, 3.8) is 0 Å². The molecule has 0 heterocycles. The summed E-state index contributed by atoms with van der Waals surface area (Å²) in [4.78, 5) is 13.5. The minimum atomic E-state index is -0.866. The number of carbonyl (C=O) groups is 1. The van der Waals surface area contributed by atoms with E-state index in [2.05, 4.69) is 0 Å². The lowest BCUT2D eigenvalue weighted by molar-refractivity contribution is -0.137. The molecule has 0 spiro atoms. The Labute approximate surface area is 89.8 Å². The van der Waals surface area contributed by atoms with Crippen LogP contribution in [0.25, 0.3) is 0 Å². The Balaban J connectivity index is 4.56. The maximum absolute atomic E-state index is 11.8. The van der Waals surface area contributed by atoms with E-state index < -0.39 is 5.54 Å². The number of hydrogen-bond acceptors (Lipinski definition) is 2. The lowest BCUT2D eigenvalue weighted by Crippen LogP contribution is -2.50. The van der Waals surface area contributed by atoms with Crippen LogP contribution in [0.5, 0.6) is 0 Å². The van der Waals surface area contributed by atoms with Crippen LogP contribution in [0.15, 0.2) is 0 Å². The van der Waals surface area contributed by atoms with Gasteiger partial charge in [0.25, 0.3) is 0 Å². The van der Waals surface area contributed by atoms with Crippen LogP contribution >= 0.6 is 23.6 Å². The predicted octanol–water partition coefficient (Wildman–Crippen LogP) is 2.24. The van der Waals surface area contributed by atoms with Crippen molar-refractivity contribution < 1.29 is 4.79 Å². The van der Waals surface area contributed by atoms with Gasteiger partial charge < -0.3 is 4.90 Å². The summed E-state index contributed by atoms with van der Waals surface area (Å²) >= 11 is 11.1. The topological polar surface area (TPSA) is 23.6 Å². The Morgan fingerprint density at radius 1 is 1.23 bits per heavy atom. The third kappa shape index (κ3) is 3.01. The molecular weight excluding hydrogens is 211 g/mol. The minimum absolute atomic E-state index is 0.0671. The van der Waals surface area contributed by atoms with Crippen LogP contribution in [0.4, 0.5) is 0 Å². The van der Waals surface area contributed by atoms with Crippen molar-refractivity contribution in [2.45, 2.75) is 33.2 Å². The fourth-order valence-corrected chi connectivity index (χ4v) is 1.11. The van der Waals surface area contributed by atoms with E-state index >= 15 is 0 Å². The molecule has 0 atom stereocenters. The molecule has 3 nitrogen and oxygen atoms in total. The van der Waals surface area contributed by atoms with E-state index in [9.17, 15) is 4.79 Å².